The standard InChI is InChI=1S/C25H29N7O3/c1-4-31(5-2)14-7-15-35-20-11-9-19(10-12-20)22-27-21-23(29-28-22)32(25(34)30(3)24(21)33)17-18-8-6-13-26-16-18/h6,8-13,16H,4-5,7,14-15,17H2,1-3H3. The summed E-state index contributed by atoms with van der Waals surface area (Å²) in [6.07, 6.45) is 4.26. The molecule has 0 fully saturated rings. The number of fused-ring (bicyclic) bond motifs is 1. The Kier molecular flexibility index (Phi) is 7.61. The van der Waals surface area contributed by atoms with Crippen LogP contribution in [-0.2, 0) is 13.6 Å². The fourth-order valence-electron chi connectivity index (χ4n) is 3.82. The predicted molar refractivity (Wildman–Crippen MR) is 134 cm³/mol. The minimum Gasteiger partial charge on any atom is -0.494 e. The van der Waals surface area contributed by atoms with Gasteiger partial charge in [-0.25, -0.2) is 9.78 Å². The van der Waals surface area contributed by atoms with Crippen molar-refractivity contribution in [2.75, 3.05) is 26.2 Å². The smallest absolute Gasteiger partial charge is 0.332 e. The lowest BCUT2D eigenvalue weighted by atomic mass is 10.2. The van der Waals surface area contributed by atoms with Crippen LogP contribution in [0, 0.1) is 0 Å². The van der Waals surface area contributed by atoms with E-state index in [1.54, 1.807) is 18.5 Å². The summed E-state index contributed by atoms with van der Waals surface area (Å²) < 4.78 is 8.26. The van der Waals surface area contributed by atoms with Crippen molar-refractivity contribution in [3.8, 4) is 17.1 Å². The van der Waals surface area contributed by atoms with Crippen LogP contribution in [0.3, 0.4) is 0 Å². The zero-order valence-corrected chi connectivity index (χ0v) is 20.2. The number of nitrogens with zero attached hydrogens (tertiary/aromatic N) is 7. The van der Waals surface area contributed by atoms with Crippen LogP contribution in [0.4, 0.5) is 0 Å². The third kappa shape index (κ3) is 5.43. The quantitative estimate of drug-likeness (QED) is 0.321. The van der Waals surface area contributed by atoms with Crippen LogP contribution in [0.1, 0.15) is 25.8 Å². The van der Waals surface area contributed by atoms with Crippen molar-refractivity contribution in [3.05, 3.63) is 75.2 Å². The number of pyridine rings is 1. The van der Waals surface area contributed by atoms with Crippen LogP contribution in [0.25, 0.3) is 22.6 Å². The molecule has 182 valence electrons. The molecule has 0 saturated heterocycles. The van der Waals surface area contributed by atoms with Crippen molar-refractivity contribution in [1.82, 2.24) is 34.2 Å². The molecule has 0 aliphatic rings. The van der Waals surface area contributed by atoms with Gasteiger partial charge in [-0.15, -0.1) is 10.2 Å². The van der Waals surface area contributed by atoms with Crippen molar-refractivity contribution in [3.63, 3.8) is 0 Å². The van der Waals surface area contributed by atoms with Gasteiger partial charge in [-0.1, -0.05) is 19.9 Å². The van der Waals surface area contributed by atoms with E-state index in [0.717, 1.165) is 41.9 Å². The lowest BCUT2D eigenvalue weighted by Crippen LogP contribution is -2.39. The van der Waals surface area contributed by atoms with Crippen molar-refractivity contribution in [2.45, 2.75) is 26.8 Å². The van der Waals surface area contributed by atoms with E-state index >= 15 is 0 Å². The molecule has 35 heavy (non-hydrogen) atoms. The first-order valence-electron chi connectivity index (χ1n) is 11.7. The highest BCUT2D eigenvalue weighted by molar-refractivity contribution is 5.71. The van der Waals surface area contributed by atoms with Crippen LogP contribution in [-0.4, -0.2) is 60.4 Å². The van der Waals surface area contributed by atoms with E-state index < -0.39 is 11.2 Å². The average Bonchev–Trinajstić information content (AvgIpc) is 2.90. The van der Waals surface area contributed by atoms with Gasteiger partial charge in [-0.05, 0) is 55.4 Å². The second-order valence-electron chi connectivity index (χ2n) is 8.16. The topological polar surface area (TPSA) is 108 Å². The lowest BCUT2D eigenvalue weighted by molar-refractivity contribution is 0.249. The summed E-state index contributed by atoms with van der Waals surface area (Å²) in [5.74, 6) is 1.05. The molecule has 4 rings (SSSR count). The number of benzene rings is 1. The largest absolute Gasteiger partial charge is 0.494 e. The molecule has 0 aliphatic heterocycles. The molecule has 3 heterocycles. The molecule has 1 aromatic carbocycles. The Morgan fingerprint density at radius 2 is 1.80 bits per heavy atom. The minimum atomic E-state index is -0.517. The summed E-state index contributed by atoms with van der Waals surface area (Å²) in [6, 6.07) is 11.0. The zero-order chi connectivity index (χ0) is 24.8. The van der Waals surface area contributed by atoms with Crippen LogP contribution in [0.15, 0.2) is 58.4 Å². The van der Waals surface area contributed by atoms with Crippen LogP contribution < -0.4 is 16.0 Å². The monoisotopic (exact) mass is 475 g/mol. The van der Waals surface area contributed by atoms with Crippen molar-refractivity contribution in [1.29, 1.82) is 0 Å². The summed E-state index contributed by atoms with van der Waals surface area (Å²) in [5.41, 5.74) is 0.709. The molecule has 0 saturated carbocycles. The number of hydrogen-bond donors (Lipinski definition) is 0. The Hall–Kier alpha value is -3.92. The predicted octanol–water partition coefficient (Wildman–Crippen LogP) is 2.11. The minimum absolute atomic E-state index is 0.0812. The van der Waals surface area contributed by atoms with Gasteiger partial charge in [-0.2, -0.15) is 0 Å². The van der Waals surface area contributed by atoms with E-state index in [0.29, 0.717) is 18.0 Å². The number of rotatable bonds is 10. The van der Waals surface area contributed by atoms with Gasteiger partial charge in [0, 0.05) is 31.5 Å². The fraction of sp³-hybridized carbons (Fsp3) is 0.360. The molecule has 3 aromatic heterocycles. The normalized spacial score (nSPS) is 11.3. The Balaban J connectivity index is 1.57. The third-order valence-electron chi connectivity index (χ3n) is 5.91. The molecule has 0 amide bonds. The summed E-state index contributed by atoms with van der Waals surface area (Å²) >= 11 is 0. The van der Waals surface area contributed by atoms with Gasteiger partial charge in [0.05, 0.1) is 13.2 Å². The summed E-state index contributed by atoms with van der Waals surface area (Å²) in [7, 11) is 1.43. The first-order chi connectivity index (χ1) is 17.0. The molecule has 0 bridgehead atoms. The first-order valence-corrected chi connectivity index (χ1v) is 11.7. The second-order valence-corrected chi connectivity index (χ2v) is 8.16. The number of hydrogen-bond acceptors (Lipinski definition) is 8. The summed E-state index contributed by atoms with van der Waals surface area (Å²) in [4.78, 5) is 36.5. The van der Waals surface area contributed by atoms with Gasteiger partial charge in [-0.3, -0.25) is 18.9 Å². The molecular formula is C25H29N7O3. The Labute approximate surface area is 202 Å². The van der Waals surface area contributed by atoms with E-state index in [9.17, 15) is 9.59 Å². The summed E-state index contributed by atoms with van der Waals surface area (Å²) in [6.45, 7) is 8.22. The molecule has 10 nitrogen and oxygen atoms in total. The Morgan fingerprint density at radius 3 is 2.49 bits per heavy atom. The molecule has 0 atom stereocenters. The van der Waals surface area contributed by atoms with E-state index in [1.165, 1.54) is 11.6 Å². The highest BCUT2D eigenvalue weighted by atomic mass is 16.5. The first kappa shape index (κ1) is 24.2. The Morgan fingerprint density at radius 1 is 1.03 bits per heavy atom. The maximum absolute atomic E-state index is 12.8. The van der Waals surface area contributed by atoms with Gasteiger partial charge in [0.15, 0.2) is 17.0 Å². The van der Waals surface area contributed by atoms with E-state index in [-0.39, 0.29) is 17.7 Å². The lowest BCUT2D eigenvalue weighted by Gasteiger charge is -2.17. The van der Waals surface area contributed by atoms with Gasteiger partial charge >= 0.3 is 5.69 Å². The number of ether oxygens (including phenoxy) is 1. The fourth-order valence-corrected chi connectivity index (χ4v) is 3.82. The molecule has 0 radical (unpaired) electrons. The van der Waals surface area contributed by atoms with Crippen molar-refractivity contribution in [2.24, 2.45) is 7.05 Å². The molecule has 4 aromatic rings. The molecule has 0 N–H and O–H groups in total. The highest BCUT2D eigenvalue weighted by Crippen LogP contribution is 2.20. The van der Waals surface area contributed by atoms with Gasteiger partial charge in [0.25, 0.3) is 5.56 Å². The van der Waals surface area contributed by atoms with Crippen molar-refractivity contribution >= 4 is 11.2 Å². The third-order valence-corrected chi connectivity index (χ3v) is 5.91. The molecule has 10 heteroatoms. The summed E-state index contributed by atoms with van der Waals surface area (Å²) in [5, 5.41) is 8.42. The Bertz CT molecular complexity index is 1400. The average molecular weight is 476 g/mol. The molecular weight excluding hydrogens is 446 g/mol. The maximum atomic E-state index is 12.8. The van der Waals surface area contributed by atoms with Crippen LogP contribution >= 0.6 is 0 Å². The van der Waals surface area contributed by atoms with E-state index in [2.05, 4.69) is 38.9 Å². The SMILES string of the molecule is CCN(CC)CCCOc1ccc(-c2nnc3c(n2)c(=O)n(C)c(=O)n3Cc2cccnc2)cc1. The van der Waals surface area contributed by atoms with Gasteiger partial charge in [0.2, 0.25) is 0 Å². The van der Waals surface area contributed by atoms with Crippen molar-refractivity contribution < 1.29 is 4.74 Å². The number of aromatic nitrogens is 6. The van der Waals surface area contributed by atoms with Gasteiger partial charge < -0.3 is 9.64 Å². The maximum Gasteiger partial charge on any atom is 0.332 e. The van der Waals surface area contributed by atoms with Crippen LogP contribution in [0.2, 0.25) is 0 Å². The zero-order valence-electron chi connectivity index (χ0n) is 20.2. The molecule has 0 spiro atoms. The second kappa shape index (κ2) is 11.0. The van der Waals surface area contributed by atoms with Gasteiger partial charge in [0.1, 0.15) is 5.75 Å². The highest BCUT2D eigenvalue weighted by Gasteiger charge is 2.16. The van der Waals surface area contributed by atoms with E-state index in [1.807, 2.05) is 30.3 Å². The molecule has 0 aliphatic carbocycles. The van der Waals surface area contributed by atoms with E-state index in [4.69, 9.17) is 4.74 Å². The van der Waals surface area contributed by atoms with Crippen LogP contribution in [0.5, 0.6) is 5.75 Å². The molecule has 0 unspecified atom stereocenters.